The quantitative estimate of drug-likeness (QED) is 0.0884. The number of rotatable bonds is 15. The maximum atomic E-state index is 15.4. The number of carbonyl (C=O) groups is 3. The van der Waals surface area contributed by atoms with E-state index in [0.29, 0.717) is 44.3 Å². The van der Waals surface area contributed by atoms with E-state index < -0.39 is 29.6 Å². The van der Waals surface area contributed by atoms with Crippen molar-refractivity contribution >= 4 is 72.2 Å². The van der Waals surface area contributed by atoms with Gasteiger partial charge in [0, 0.05) is 50.0 Å². The maximum Gasteiger partial charge on any atom is 0.306 e. The van der Waals surface area contributed by atoms with Gasteiger partial charge in [-0.15, -0.1) is 22.7 Å². The van der Waals surface area contributed by atoms with Crippen molar-refractivity contribution in [3.05, 3.63) is 44.9 Å². The maximum absolute atomic E-state index is 15.4. The van der Waals surface area contributed by atoms with Crippen molar-refractivity contribution in [2.45, 2.75) is 39.5 Å². The number of methoxy groups -OCH3 is 1. The van der Waals surface area contributed by atoms with E-state index in [1.165, 1.54) is 31.4 Å². The lowest BCUT2D eigenvalue weighted by molar-refractivity contribution is -0.142. The standard InChI is InChI=1S/C30H30ClFO9S2/c1-14(29(35)36)5-6-16-10-18-23(42-16)13-21(39-3)28(26(18)32)41-8-4-7-40-27-20(34)12-22-17(25(27)31)11-24(43-22)19(33)9-15(2)30(37)38/h10-15,34H,4-9H2,1-3H3,(H,35,36)(H,37,38). The first-order valence-corrected chi connectivity index (χ1v) is 15.4. The minimum atomic E-state index is -1.06. The summed E-state index contributed by atoms with van der Waals surface area (Å²) in [7, 11) is 1.41. The van der Waals surface area contributed by atoms with Crippen LogP contribution in [-0.4, -0.2) is 53.4 Å². The Morgan fingerprint density at radius 3 is 2.23 bits per heavy atom. The second-order valence-corrected chi connectivity index (χ2v) is 12.7. The SMILES string of the molecule is COc1cc2sc(CCC(C)C(=O)O)cc2c(F)c1OCCCOc1c(O)cc2sc(C(=O)CC(C)C(=O)O)cc2c1Cl. The van der Waals surface area contributed by atoms with Crippen molar-refractivity contribution in [1.29, 1.82) is 0 Å². The number of Topliss-reactive ketones (excluding diaryl/α,β-unsaturated/α-hetero) is 1. The van der Waals surface area contributed by atoms with Gasteiger partial charge in [-0.25, -0.2) is 4.39 Å². The molecule has 4 rings (SSSR count). The number of benzene rings is 2. The molecule has 0 radical (unpaired) electrons. The molecular weight excluding hydrogens is 623 g/mol. The minimum absolute atomic E-state index is 0.0260. The number of halogens is 2. The molecule has 0 aliphatic carbocycles. The zero-order valence-corrected chi connectivity index (χ0v) is 26.0. The number of thiophene rings is 2. The van der Waals surface area contributed by atoms with Crippen molar-refractivity contribution in [2.75, 3.05) is 20.3 Å². The molecule has 13 heteroatoms. The molecule has 0 bridgehead atoms. The molecule has 0 amide bonds. The lowest BCUT2D eigenvalue weighted by Gasteiger charge is -2.13. The van der Waals surface area contributed by atoms with Gasteiger partial charge < -0.3 is 29.5 Å². The van der Waals surface area contributed by atoms with Gasteiger partial charge in [-0.1, -0.05) is 25.4 Å². The number of carboxylic acids is 2. The first-order valence-electron chi connectivity index (χ1n) is 13.4. The smallest absolute Gasteiger partial charge is 0.306 e. The Kier molecular flexibility index (Phi) is 10.4. The molecule has 2 atom stereocenters. The molecule has 3 N–H and O–H groups in total. The van der Waals surface area contributed by atoms with Crippen molar-refractivity contribution < 1.29 is 48.3 Å². The number of ketones is 1. The number of ether oxygens (including phenoxy) is 3. The average Bonchev–Trinajstić information content (AvgIpc) is 3.58. The molecule has 43 heavy (non-hydrogen) atoms. The first kappa shape index (κ1) is 32.3. The van der Waals surface area contributed by atoms with Gasteiger partial charge in [0.2, 0.25) is 0 Å². The molecule has 2 heterocycles. The Morgan fingerprint density at radius 2 is 1.58 bits per heavy atom. The molecule has 0 saturated carbocycles. The van der Waals surface area contributed by atoms with Crippen LogP contribution in [0.15, 0.2) is 24.3 Å². The van der Waals surface area contributed by atoms with Crippen LogP contribution in [0.5, 0.6) is 23.0 Å². The van der Waals surface area contributed by atoms with Crippen LogP contribution in [0.1, 0.15) is 47.7 Å². The largest absolute Gasteiger partial charge is 0.504 e. The summed E-state index contributed by atoms with van der Waals surface area (Å²) >= 11 is 8.98. The summed E-state index contributed by atoms with van der Waals surface area (Å²) in [6.45, 7) is 3.22. The number of aryl methyl sites for hydroxylation is 1. The van der Waals surface area contributed by atoms with Crippen molar-refractivity contribution in [3.63, 3.8) is 0 Å². The molecule has 2 aromatic carbocycles. The molecule has 0 aliphatic rings. The zero-order valence-electron chi connectivity index (χ0n) is 23.6. The van der Waals surface area contributed by atoms with Crippen LogP contribution in [-0.2, 0) is 16.0 Å². The van der Waals surface area contributed by atoms with Gasteiger partial charge in [-0.05, 0) is 25.0 Å². The van der Waals surface area contributed by atoms with E-state index in [4.69, 9.17) is 36.0 Å². The van der Waals surface area contributed by atoms with E-state index in [1.54, 1.807) is 25.1 Å². The summed E-state index contributed by atoms with van der Waals surface area (Å²) < 4.78 is 33.4. The third-order valence-corrected chi connectivity index (χ3v) is 9.51. The fourth-order valence-electron chi connectivity index (χ4n) is 4.30. The van der Waals surface area contributed by atoms with E-state index in [0.717, 1.165) is 16.2 Å². The highest BCUT2D eigenvalue weighted by Gasteiger charge is 2.22. The summed E-state index contributed by atoms with van der Waals surface area (Å²) in [5.74, 6) is -4.20. The van der Waals surface area contributed by atoms with Crippen LogP contribution in [0.3, 0.4) is 0 Å². The van der Waals surface area contributed by atoms with E-state index in [-0.39, 0.29) is 53.4 Å². The fourth-order valence-corrected chi connectivity index (χ4v) is 6.82. The van der Waals surface area contributed by atoms with E-state index in [9.17, 15) is 19.5 Å². The predicted octanol–water partition coefficient (Wildman–Crippen LogP) is 7.42. The number of fused-ring (bicyclic) bond motifs is 2. The number of aromatic hydroxyl groups is 1. The van der Waals surface area contributed by atoms with E-state index in [1.807, 2.05) is 0 Å². The fraction of sp³-hybridized carbons (Fsp3) is 0.367. The van der Waals surface area contributed by atoms with Crippen LogP contribution in [0.4, 0.5) is 4.39 Å². The molecule has 0 saturated heterocycles. The highest BCUT2D eigenvalue weighted by Crippen LogP contribution is 2.44. The molecular formula is C30H30ClFO9S2. The predicted molar refractivity (Wildman–Crippen MR) is 163 cm³/mol. The third-order valence-electron chi connectivity index (χ3n) is 6.87. The minimum Gasteiger partial charge on any atom is -0.504 e. The van der Waals surface area contributed by atoms with Crippen LogP contribution < -0.4 is 14.2 Å². The van der Waals surface area contributed by atoms with Gasteiger partial charge in [-0.2, -0.15) is 0 Å². The second kappa shape index (κ2) is 13.8. The van der Waals surface area contributed by atoms with Crippen LogP contribution in [0.2, 0.25) is 5.02 Å². The van der Waals surface area contributed by atoms with Gasteiger partial charge in [-0.3, -0.25) is 14.4 Å². The number of carbonyl (C=O) groups excluding carboxylic acids is 1. The average molecular weight is 653 g/mol. The van der Waals surface area contributed by atoms with Crippen LogP contribution in [0.25, 0.3) is 20.2 Å². The molecule has 9 nitrogen and oxygen atoms in total. The molecule has 2 unspecified atom stereocenters. The summed E-state index contributed by atoms with van der Waals surface area (Å²) in [5, 5.41) is 29.7. The molecule has 230 valence electrons. The number of hydrogen-bond acceptors (Lipinski definition) is 9. The molecule has 0 aliphatic heterocycles. The molecule has 0 spiro atoms. The van der Waals surface area contributed by atoms with Crippen molar-refractivity contribution in [3.8, 4) is 23.0 Å². The monoisotopic (exact) mass is 652 g/mol. The lowest BCUT2D eigenvalue weighted by Crippen LogP contribution is -2.13. The zero-order chi connectivity index (χ0) is 31.4. The van der Waals surface area contributed by atoms with Crippen molar-refractivity contribution in [2.24, 2.45) is 11.8 Å². The molecule has 2 aromatic heterocycles. The van der Waals surface area contributed by atoms with Gasteiger partial charge in [0.15, 0.2) is 34.6 Å². The topological polar surface area (TPSA) is 140 Å². The van der Waals surface area contributed by atoms with Gasteiger partial charge in [0.05, 0.1) is 42.1 Å². The Bertz CT molecular complexity index is 1680. The number of carboxylic acid groups (broad SMARTS) is 2. The van der Waals surface area contributed by atoms with E-state index >= 15 is 4.39 Å². The van der Waals surface area contributed by atoms with Gasteiger partial charge >= 0.3 is 11.9 Å². The Labute approximate surface area is 259 Å². The third kappa shape index (κ3) is 7.31. The normalized spacial score (nSPS) is 12.8. The number of phenols is 1. The number of phenolic OH excluding ortho intramolecular Hbond substituents is 1. The summed E-state index contributed by atoms with van der Waals surface area (Å²) in [6, 6.07) is 6.38. The molecule has 4 aromatic rings. The lowest BCUT2D eigenvalue weighted by atomic mass is 10.0. The van der Waals surface area contributed by atoms with E-state index in [2.05, 4.69) is 0 Å². The first-order chi connectivity index (χ1) is 20.4. The van der Waals surface area contributed by atoms with Gasteiger partial charge in [0.1, 0.15) is 0 Å². The summed E-state index contributed by atoms with van der Waals surface area (Å²) in [4.78, 5) is 35.9. The van der Waals surface area contributed by atoms with Gasteiger partial charge in [0.25, 0.3) is 0 Å². The highest BCUT2D eigenvalue weighted by molar-refractivity contribution is 7.21. The van der Waals surface area contributed by atoms with Crippen LogP contribution in [0, 0.1) is 17.7 Å². The molecule has 0 fully saturated rings. The summed E-state index contributed by atoms with van der Waals surface area (Å²) in [6.07, 6.45) is 1.09. The Balaban J connectivity index is 1.40. The summed E-state index contributed by atoms with van der Waals surface area (Å²) in [5.41, 5.74) is 0. The van der Waals surface area contributed by atoms with Crippen LogP contribution >= 0.6 is 34.3 Å². The number of hydrogen-bond donors (Lipinski definition) is 3. The second-order valence-electron chi connectivity index (χ2n) is 10.1. The number of aliphatic carboxylic acids is 2. The Morgan fingerprint density at radius 1 is 0.930 bits per heavy atom. The Hall–Kier alpha value is -3.61. The highest BCUT2D eigenvalue weighted by atomic mass is 35.5. The van der Waals surface area contributed by atoms with Crippen molar-refractivity contribution in [1.82, 2.24) is 0 Å².